The first-order chi connectivity index (χ1) is 52.7. The van der Waals surface area contributed by atoms with E-state index in [9.17, 15) is 38.4 Å². The van der Waals surface area contributed by atoms with Gasteiger partial charge in [-0.15, -0.1) is 34.0 Å². The van der Waals surface area contributed by atoms with Gasteiger partial charge in [0, 0.05) is 154 Å². The molecule has 108 heavy (non-hydrogen) atoms. The Balaban J connectivity index is 0.000000118. The Morgan fingerprint density at radius 2 is 0.491 bits per heavy atom. The molecule has 0 radical (unpaired) electrons. The van der Waals surface area contributed by atoms with Gasteiger partial charge >= 0.3 is 0 Å². The van der Waals surface area contributed by atoms with Gasteiger partial charge in [-0.2, -0.15) is 0 Å². The number of ketones is 6. The van der Waals surface area contributed by atoms with Crippen molar-refractivity contribution < 1.29 is 38.4 Å². The van der Waals surface area contributed by atoms with Gasteiger partial charge in [0.1, 0.15) is 11.6 Å². The molecule has 0 saturated heterocycles. The van der Waals surface area contributed by atoms with Crippen LogP contribution in [0.1, 0.15) is 125 Å². The van der Waals surface area contributed by atoms with Crippen LogP contribution >= 0.6 is 71.2 Å². The second kappa shape index (κ2) is 33.1. The lowest BCUT2D eigenvalue weighted by Gasteiger charge is -2.19. The fourth-order valence-electron chi connectivity index (χ4n) is 14.2. The van der Waals surface area contributed by atoms with Crippen LogP contribution in [0, 0.1) is 20.8 Å². The van der Waals surface area contributed by atoms with Crippen LogP contribution in [0.2, 0.25) is 0 Å². The number of rotatable bonds is 4. The largest absolute Gasteiger partial charge is 0.300 e. The summed E-state index contributed by atoms with van der Waals surface area (Å²) in [7, 11) is 0. The number of hydrogen-bond donors (Lipinski definition) is 0. The number of hydrogen-bond acceptors (Lipinski definition) is 11. The van der Waals surface area contributed by atoms with E-state index in [2.05, 4.69) is 173 Å². The first-order valence-corrected chi connectivity index (χ1v) is 43.9. The zero-order valence-electron chi connectivity index (χ0n) is 58.9. The summed E-state index contributed by atoms with van der Waals surface area (Å²) in [4.78, 5) is 100. The van der Waals surface area contributed by atoms with E-state index in [-0.39, 0.29) is 34.7 Å². The molecule has 0 spiro atoms. The molecule has 1 fully saturated rings. The molecule has 20 rings (SSSR count). The Bertz CT molecular complexity index is 5610. The van der Waals surface area contributed by atoms with E-state index in [1.54, 1.807) is 35.6 Å². The summed E-state index contributed by atoms with van der Waals surface area (Å²) in [5, 5.41) is 20.4. The van der Waals surface area contributed by atoms with Gasteiger partial charge in [-0.05, 0) is 215 Å². The van der Waals surface area contributed by atoms with Crippen molar-refractivity contribution in [1.29, 1.82) is 0 Å². The van der Waals surface area contributed by atoms with Crippen LogP contribution in [0.3, 0.4) is 0 Å². The fraction of sp³-hybridized carbons (Fsp3) is 0.0737. The molecule has 3 heterocycles. The zero-order chi connectivity index (χ0) is 75.1. The highest BCUT2D eigenvalue weighted by molar-refractivity contribution is 15.0. The quantitative estimate of drug-likeness (QED) is 0.0965. The number of fused-ring (bicyclic) bond motifs is 12. The van der Waals surface area contributed by atoms with E-state index >= 15 is 0 Å². The Labute approximate surface area is 659 Å². The van der Waals surface area contributed by atoms with Crippen LogP contribution in [0.25, 0.3) is 107 Å². The van der Waals surface area contributed by atoms with Gasteiger partial charge in [0.2, 0.25) is 0 Å². The molecule has 3 aliphatic rings. The first kappa shape index (κ1) is 74.0. The number of carbonyl (C=O) groups is 8. The van der Waals surface area contributed by atoms with E-state index < -0.39 is 0 Å². The smallest absolute Gasteiger partial charge is 0.194 e. The van der Waals surface area contributed by atoms with Crippen molar-refractivity contribution >= 4 is 205 Å². The van der Waals surface area contributed by atoms with Crippen molar-refractivity contribution in [3.63, 3.8) is 0 Å². The molecule has 1 saturated carbocycles. The molecule has 17 aromatic rings. The third-order valence-corrected chi connectivity index (χ3v) is 22.4. The molecular weight excluding hydrogens is 1620 g/mol. The number of Topliss-reactive ketones (excluding diaryl/α,β-unsaturated/α-hetero) is 2. The number of benzene rings is 14. The van der Waals surface area contributed by atoms with Crippen molar-refractivity contribution in [1.82, 2.24) is 0 Å². The summed E-state index contributed by atoms with van der Waals surface area (Å²) >= 11 is 9.80. The lowest BCUT2D eigenvalue weighted by Crippen LogP contribution is -2.20. The molecule has 3 aliphatic carbocycles. The SMILES string of the molecule is Cc1ccc(-c2c3cc4ccccc4cc3c(-c3ccc(C)s3)c3cc4ccccc4cc23)s1.Cc1cccs1.II.O=C1CCC(=O)CC1.O=C1c2cc3ccccc3cc2C(=O)c2cc3ccccc3cc21.O=C1c2cc3ccccc3cc2C(=O)c2cc3ccccc3cc21.O=Cc1ccccc1C=O. The Morgan fingerprint density at radius 1 is 0.269 bits per heavy atom. The van der Waals surface area contributed by atoms with E-state index in [0.717, 1.165) is 43.1 Å². The predicted molar refractivity (Wildman–Crippen MR) is 465 cm³/mol. The Kier molecular flexibility index (Phi) is 22.6. The van der Waals surface area contributed by atoms with E-state index in [1.807, 2.05) is 168 Å². The van der Waals surface area contributed by atoms with Gasteiger partial charge in [0.15, 0.2) is 35.7 Å². The summed E-state index contributed by atoms with van der Waals surface area (Å²) < 4.78 is 0. The van der Waals surface area contributed by atoms with Gasteiger partial charge in [0.05, 0.1) is 0 Å². The monoisotopic (exact) mass is 1680 g/mol. The van der Waals surface area contributed by atoms with E-state index in [1.165, 1.54) is 78.6 Å². The summed E-state index contributed by atoms with van der Waals surface area (Å²) in [6.45, 7) is 6.50. The third kappa shape index (κ3) is 15.5. The summed E-state index contributed by atoms with van der Waals surface area (Å²) in [6, 6.07) is 92.9. The van der Waals surface area contributed by atoms with Crippen LogP contribution < -0.4 is 0 Å². The molecule has 0 N–H and O–H groups in total. The molecule has 13 heteroatoms. The van der Waals surface area contributed by atoms with Crippen molar-refractivity contribution in [2.75, 3.05) is 0 Å². The standard InChI is InChI=1S/C32H22S2.2C22H12O2.C8H6O2.C6H8O2.C5H6S.I2/c1-19-11-13-29(33-19)31-25-15-21-7-3-5-9-23(21)17-27(25)32(30-14-12-20(2)34-30)28-18-24-10-6-4-8-22(24)16-26(28)31;2*23-21-17-9-13-5-1-2-6-14(13)10-18(17)22(24)20-12-16-8-4-3-7-15(16)11-19(20)21;9-5-7-3-1-2-4-8(7)6-10;7-5-1-2-6(8)4-3-5;1-5-3-2-4-6-5;1-2/h3-18H,1-2H3;2*1-12H;1-6H;1-4H2;2-4H,1H3;. The van der Waals surface area contributed by atoms with Gasteiger partial charge in [-0.3, -0.25) is 38.4 Å². The highest BCUT2D eigenvalue weighted by Gasteiger charge is 2.32. The highest BCUT2D eigenvalue weighted by Crippen LogP contribution is 2.49. The minimum atomic E-state index is -0.0730. The molecule has 0 atom stereocenters. The molecule has 14 aromatic carbocycles. The number of aldehydes is 2. The average molecular weight is 1690 g/mol. The normalized spacial score (nSPS) is 12.5. The van der Waals surface area contributed by atoms with Crippen LogP contribution in [0.5, 0.6) is 0 Å². The molecule has 0 amide bonds. The first-order valence-electron chi connectivity index (χ1n) is 35.1. The fourth-order valence-corrected chi connectivity index (χ4v) is 16.6. The topological polar surface area (TPSA) is 137 Å². The molecule has 8 nitrogen and oxygen atoms in total. The minimum absolute atomic E-state index is 0.0730. The lowest BCUT2D eigenvalue weighted by molar-refractivity contribution is -0.128. The maximum Gasteiger partial charge on any atom is 0.194 e. The van der Waals surface area contributed by atoms with E-state index in [0.29, 0.717) is 93.9 Å². The highest BCUT2D eigenvalue weighted by atomic mass is 128. The molecule has 526 valence electrons. The lowest BCUT2D eigenvalue weighted by atomic mass is 9.81. The van der Waals surface area contributed by atoms with Crippen molar-refractivity contribution in [3.05, 3.63) is 355 Å². The molecule has 0 bridgehead atoms. The second-order valence-corrected chi connectivity index (χ2v) is 30.3. The second-order valence-electron chi connectivity index (χ2n) is 26.5. The number of halogens is 2. The van der Waals surface area contributed by atoms with Gasteiger partial charge in [0.25, 0.3) is 0 Å². The molecule has 0 unspecified atom stereocenters. The minimum Gasteiger partial charge on any atom is -0.300 e. The van der Waals surface area contributed by atoms with Crippen molar-refractivity contribution in [2.45, 2.75) is 46.5 Å². The molecular formula is C95H66I2O8S3. The third-order valence-electron chi connectivity index (χ3n) is 19.6. The van der Waals surface area contributed by atoms with Gasteiger partial charge in [-0.25, -0.2) is 0 Å². The van der Waals surface area contributed by atoms with E-state index in [4.69, 9.17) is 0 Å². The number of carbonyl (C=O) groups excluding carboxylic acids is 8. The van der Waals surface area contributed by atoms with Gasteiger partial charge < -0.3 is 0 Å². The summed E-state index contributed by atoms with van der Waals surface area (Å²) in [6.07, 6.45) is 3.28. The summed E-state index contributed by atoms with van der Waals surface area (Å²) in [5.41, 5.74) is 7.61. The number of thiophene rings is 3. The van der Waals surface area contributed by atoms with Crippen LogP contribution in [-0.4, -0.2) is 47.3 Å². The maximum atomic E-state index is 13.0. The van der Waals surface area contributed by atoms with Crippen LogP contribution in [0.15, 0.2) is 284 Å². The Hall–Kier alpha value is -10.9. The van der Waals surface area contributed by atoms with Gasteiger partial charge in [-0.1, -0.05) is 176 Å². The van der Waals surface area contributed by atoms with Crippen LogP contribution in [-0.2, 0) is 9.59 Å². The number of aryl methyl sites for hydroxylation is 3. The molecule has 3 aromatic heterocycles. The average Bonchev–Trinajstić information content (AvgIpc) is 1.16. The summed E-state index contributed by atoms with van der Waals surface area (Å²) in [5.74, 6) is 0.189. The molecule has 0 aliphatic heterocycles. The zero-order valence-corrected chi connectivity index (χ0v) is 65.6. The van der Waals surface area contributed by atoms with Crippen LogP contribution in [0.4, 0.5) is 0 Å². The predicted octanol–water partition coefficient (Wildman–Crippen LogP) is 25.7. The van der Waals surface area contributed by atoms with Crippen molar-refractivity contribution in [3.8, 4) is 20.9 Å². The Morgan fingerprint density at radius 3 is 0.667 bits per heavy atom. The maximum absolute atomic E-state index is 13.0. The van der Waals surface area contributed by atoms with Crippen molar-refractivity contribution in [2.24, 2.45) is 0 Å².